The molecular formula is C17H19FN2O4. The summed E-state index contributed by atoms with van der Waals surface area (Å²) < 4.78 is 18.3. The summed E-state index contributed by atoms with van der Waals surface area (Å²) in [6, 6.07) is 6.23. The number of aryl methyl sites for hydroxylation is 1. The lowest BCUT2D eigenvalue weighted by Crippen LogP contribution is -2.48. The molecule has 3 amide bonds. The molecule has 2 saturated heterocycles. The first-order chi connectivity index (χ1) is 11.6. The molecular weight excluding hydrogens is 315 g/mol. The van der Waals surface area contributed by atoms with Gasteiger partial charge in [0.15, 0.2) is 6.61 Å². The van der Waals surface area contributed by atoms with Gasteiger partial charge in [-0.15, -0.1) is 0 Å². The molecule has 1 aromatic rings. The Kier molecular flexibility index (Phi) is 4.78. The lowest BCUT2D eigenvalue weighted by atomic mass is 10.0. The number of cyclic esters (lactones) is 1. The summed E-state index contributed by atoms with van der Waals surface area (Å²) in [6.45, 7) is 0.774. The first-order valence-corrected chi connectivity index (χ1v) is 8.06. The molecule has 0 N–H and O–H groups in total. The van der Waals surface area contributed by atoms with E-state index in [1.54, 1.807) is 23.1 Å². The van der Waals surface area contributed by atoms with Crippen LogP contribution in [0.25, 0.3) is 0 Å². The fourth-order valence-electron chi connectivity index (χ4n) is 3.19. The third-order valence-corrected chi connectivity index (χ3v) is 4.53. The van der Waals surface area contributed by atoms with E-state index < -0.39 is 6.09 Å². The Morgan fingerprint density at radius 1 is 1.21 bits per heavy atom. The molecule has 0 aromatic heterocycles. The van der Waals surface area contributed by atoms with Crippen LogP contribution in [0.3, 0.4) is 0 Å². The molecule has 3 rings (SSSR count). The molecule has 2 heterocycles. The average Bonchev–Trinajstić information content (AvgIpc) is 2.93. The highest BCUT2D eigenvalue weighted by atomic mass is 19.1. The van der Waals surface area contributed by atoms with Gasteiger partial charge in [-0.2, -0.15) is 0 Å². The van der Waals surface area contributed by atoms with Gasteiger partial charge in [0.05, 0.1) is 0 Å². The summed E-state index contributed by atoms with van der Waals surface area (Å²) in [5.41, 5.74) is 0.533. The van der Waals surface area contributed by atoms with E-state index in [-0.39, 0.29) is 36.7 Å². The van der Waals surface area contributed by atoms with E-state index in [0.29, 0.717) is 37.9 Å². The van der Waals surface area contributed by atoms with Crippen molar-refractivity contribution in [1.29, 1.82) is 0 Å². The molecule has 7 heteroatoms. The second-order valence-corrected chi connectivity index (χ2v) is 6.02. The largest absolute Gasteiger partial charge is 0.439 e. The van der Waals surface area contributed by atoms with Crippen molar-refractivity contribution in [3.05, 3.63) is 35.6 Å². The molecule has 0 atom stereocenters. The molecule has 2 aliphatic heterocycles. The fourth-order valence-corrected chi connectivity index (χ4v) is 3.19. The van der Waals surface area contributed by atoms with Crippen molar-refractivity contribution in [1.82, 2.24) is 9.80 Å². The topological polar surface area (TPSA) is 66.9 Å². The number of carbonyl (C=O) groups excluding carboxylic acids is 3. The van der Waals surface area contributed by atoms with Gasteiger partial charge < -0.3 is 9.64 Å². The number of likely N-dealkylation sites (tertiary alicyclic amines) is 1. The number of hydrogen-bond donors (Lipinski definition) is 0. The van der Waals surface area contributed by atoms with Gasteiger partial charge in [-0.05, 0) is 30.9 Å². The molecule has 6 nitrogen and oxygen atoms in total. The number of piperidine rings is 1. The van der Waals surface area contributed by atoms with E-state index >= 15 is 0 Å². The van der Waals surface area contributed by atoms with Gasteiger partial charge in [-0.3, -0.25) is 9.59 Å². The van der Waals surface area contributed by atoms with Crippen molar-refractivity contribution < 1.29 is 23.5 Å². The predicted octanol–water partition coefficient (Wildman–Crippen LogP) is 1.73. The molecule has 0 aliphatic carbocycles. The van der Waals surface area contributed by atoms with Crippen LogP contribution in [-0.2, 0) is 20.7 Å². The Bertz CT molecular complexity index is 640. The molecule has 24 heavy (non-hydrogen) atoms. The smallest absolute Gasteiger partial charge is 0.417 e. The van der Waals surface area contributed by atoms with Crippen LogP contribution in [0.2, 0.25) is 0 Å². The van der Waals surface area contributed by atoms with Crippen molar-refractivity contribution in [3.8, 4) is 0 Å². The van der Waals surface area contributed by atoms with E-state index in [9.17, 15) is 18.8 Å². The molecule has 1 aromatic carbocycles. The second kappa shape index (κ2) is 6.98. The molecule has 0 saturated carbocycles. The number of carbonyl (C=O) groups is 3. The van der Waals surface area contributed by atoms with Crippen LogP contribution in [0.4, 0.5) is 9.18 Å². The fraction of sp³-hybridized carbons (Fsp3) is 0.471. The molecule has 128 valence electrons. The maximum absolute atomic E-state index is 13.6. The highest BCUT2D eigenvalue weighted by Crippen LogP contribution is 2.21. The molecule has 0 radical (unpaired) electrons. The first-order valence-electron chi connectivity index (χ1n) is 8.06. The summed E-state index contributed by atoms with van der Waals surface area (Å²) in [5, 5.41) is 0. The minimum atomic E-state index is -0.593. The summed E-state index contributed by atoms with van der Waals surface area (Å²) >= 11 is 0. The lowest BCUT2D eigenvalue weighted by molar-refractivity contribution is -0.133. The number of amides is 3. The number of ether oxygens (including phenoxy) is 1. The van der Waals surface area contributed by atoms with Crippen LogP contribution >= 0.6 is 0 Å². The monoisotopic (exact) mass is 334 g/mol. The zero-order valence-electron chi connectivity index (χ0n) is 13.2. The van der Waals surface area contributed by atoms with Crippen LogP contribution in [0.15, 0.2) is 24.3 Å². The number of benzene rings is 1. The van der Waals surface area contributed by atoms with Crippen molar-refractivity contribution in [2.45, 2.75) is 31.7 Å². The van der Waals surface area contributed by atoms with Gasteiger partial charge in [0, 0.05) is 25.6 Å². The number of hydrogen-bond acceptors (Lipinski definition) is 4. The summed E-state index contributed by atoms with van der Waals surface area (Å²) in [5.74, 6) is -0.647. The number of rotatable bonds is 4. The Hall–Kier alpha value is -2.44. The third kappa shape index (κ3) is 3.39. The van der Waals surface area contributed by atoms with Crippen molar-refractivity contribution >= 4 is 17.9 Å². The van der Waals surface area contributed by atoms with E-state index in [2.05, 4.69) is 0 Å². The third-order valence-electron chi connectivity index (χ3n) is 4.53. The zero-order valence-corrected chi connectivity index (χ0v) is 13.2. The Labute approximate surface area is 139 Å². The Morgan fingerprint density at radius 3 is 2.54 bits per heavy atom. The molecule has 2 fully saturated rings. The standard InChI is InChI=1S/C17H19FN2O4/c18-14-4-2-1-3-12(14)5-6-15(21)19-9-7-13(8-10-19)20-16(22)11-24-17(20)23/h1-4,13H,5-11H2. The van der Waals surface area contributed by atoms with Crippen LogP contribution in [0, 0.1) is 5.82 Å². The van der Waals surface area contributed by atoms with E-state index in [0.717, 1.165) is 0 Å². The van der Waals surface area contributed by atoms with Gasteiger partial charge in [0.1, 0.15) is 5.82 Å². The first kappa shape index (κ1) is 16.4. The van der Waals surface area contributed by atoms with Gasteiger partial charge in [0.2, 0.25) is 5.91 Å². The van der Waals surface area contributed by atoms with Gasteiger partial charge in [0.25, 0.3) is 5.91 Å². The van der Waals surface area contributed by atoms with Gasteiger partial charge >= 0.3 is 6.09 Å². The highest BCUT2D eigenvalue weighted by molar-refractivity contribution is 5.98. The Balaban J connectivity index is 1.49. The Morgan fingerprint density at radius 2 is 1.92 bits per heavy atom. The summed E-state index contributed by atoms with van der Waals surface area (Å²) in [6.07, 6.45) is 1.11. The van der Waals surface area contributed by atoms with Gasteiger partial charge in [-0.25, -0.2) is 14.1 Å². The van der Waals surface area contributed by atoms with Crippen LogP contribution in [0.5, 0.6) is 0 Å². The molecule has 0 bridgehead atoms. The summed E-state index contributed by atoms with van der Waals surface area (Å²) in [4.78, 5) is 38.4. The minimum absolute atomic E-state index is 0.0352. The second-order valence-electron chi connectivity index (χ2n) is 6.02. The maximum Gasteiger partial charge on any atom is 0.417 e. The number of imide groups is 1. The molecule has 2 aliphatic rings. The number of halogens is 1. The van der Waals surface area contributed by atoms with Crippen LogP contribution < -0.4 is 0 Å². The predicted molar refractivity (Wildman–Crippen MR) is 82.5 cm³/mol. The highest BCUT2D eigenvalue weighted by Gasteiger charge is 2.38. The normalized spacial score (nSPS) is 18.9. The van der Waals surface area contributed by atoms with Crippen molar-refractivity contribution in [2.24, 2.45) is 0 Å². The van der Waals surface area contributed by atoms with Crippen LogP contribution in [-0.4, -0.2) is 53.4 Å². The minimum Gasteiger partial charge on any atom is -0.439 e. The van der Waals surface area contributed by atoms with Gasteiger partial charge in [-0.1, -0.05) is 18.2 Å². The zero-order chi connectivity index (χ0) is 17.1. The van der Waals surface area contributed by atoms with E-state index in [1.807, 2.05) is 0 Å². The van der Waals surface area contributed by atoms with E-state index in [1.165, 1.54) is 11.0 Å². The molecule has 0 unspecified atom stereocenters. The number of nitrogens with zero attached hydrogens (tertiary/aromatic N) is 2. The van der Waals surface area contributed by atoms with E-state index in [4.69, 9.17) is 4.74 Å². The van der Waals surface area contributed by atoms with Crippen LogP contribution in [0.1, 0.15) is 24.8 Å². The quantitative estimate of drug-likeness (QED) is 0.841. The lowest BCUT2D eigenvalue weighted by Gasteiger charge is -2.34. The SMILES string of the molecule is O=C(CCc1ccccc1F)N1CCC(N2C(=O)COC2=O)CC1. The summed E-state index contributed by atoms with van der Waals surface area (Å²) in [7, 11) is 0. The van der Waals surface area contributed by atoms with Crippen molar-refractivity contribution in [2.75, 3.05) is 19.7 Å². The van der Waals surface area contributed by atoms with Crippen molar-refractivity contribution in [3.63, 3.8) is 0 Å². The molecule has 0 spiro atoms. The maximum atomic E-state index is 13.6. The average molecular weight is 334 g/mol.